The largest absolute Gasteiger partial charge is 0.493 e. The van der Waals surface area contributed by atoms with Gasteiger partial charge in [-0.2, -0.15) is 4.98 Å². The first-order chi connectivity index (χ1) is 11.7. The fraction of sp³-hybridized carbons (Fsp3) is 0.176. The van der Waals surface area contributed by atoms with Crippen LogP contribution in [0.25, 0.3) is 21.8 Å². The van der Waals surface area contributed by atoms with Gasteiger partial charge < -0.3 is 14.0 Å². The molecule has 0 fully saturated rings. The summed E-state index contributed by atoms with van der Waals surface area (Å²) >= 11 is 7.85. The van der Waals surface area contributed by atoms with Crippen molar-refractivity contribution in [3.8, 4) is 22.2 Å². The fourth-order valence-corrected chi connectivity index (χ4v) is 2.94. The summed E-state index contributed by atoms with van der Waals surface area (Å²) in [5.74, 6) is 2.12. The van der Waals surface area contributed by atoms with Crippen LogP contribution in [0.1, 0.15) is 18.4 Å². The Hall–Kier alpha value is -2.31. The molecule has 0 aliphatic carbocycles. The zero-order valence-corrected chi connectivity index (χ0v) is 14.7. The second-order valence-electron chi connectivity index (χ2n) is 4.74. The van der Waals surface area contributed by atoms with Crippen molar-refractivity contribution in [1.29, 1.82) is 0 Å². The van der Waals surface area contributed by atoms with Gasteiger partial charge in [-0.3, -0.25) is 0 Å². The van der Waals surface area contributed by atoms with Crippen molar-refractivity contribution in [1.82, 2.24) is 10.1 Å². The Kier molecular flexibility index (Phi) is 5.17. The molecule has 3 rings (SSSR count). The summed E-state index contributed by atoms with van der Waals surface area (Å²) < 4.78 is 16.1. The minimum Gasteiger partial charge on any atom is -0.493 e. The van der Waals surface area contributed by atoms with E-state index >= 15 is 0 Å². The molecule has 0 bridgehead atoms. The first-order valence-corrected chi connectivity index (χ1v) is 8.53. The molecule has 0 amide bonds. The Balaban J connectivity index is 1.85. The maximum absolute atomic E-state index is 6.31. The minimum atomic E-state index is 0.271. The van der Waals surface area contributed by atoms with Crippen LogP contribution in [-0.2, 0) is 0 Å². The number of thiophene rings is 1. The molecule has 0 saturated heterocycles. The number of rotatable bonds is 6. The molecule has 2 aromatic heterocycles. The summed E-state index contributed by atoms with van der Waals surface area (Å²) in [6.07, 6.45) is 1.74. The Labute approximate surface area is 148 Å². The van der Waals surface area contributed by atoms with Gasteiger partial charge in [0.25, 0.3) is 5.89 Å². The highest BCUT2D eigenvalue weighted by atomic mass is 35.5. The van der Waals surface area contributed by atoms with Crippen molar-refractivity contribution in [3.05, 3.63) is 47.2 Å². The number of ether oxygens (including phenoxy) is 2. The summed E-state index contributed by atoms with van der Waals surface area (Å²) in [6, 6.07) is 9.41. The first kappa shape index (κ1) is 16.5. The van der Waals surface area contributed by atoms with E-state index in [-0.39, 0.29) is 5.89 Å². The van der Waals surface area contributed by atoms with Gasteiger partial charge in [0.05, 0.1) is 18.6 Å². The zero-order valence-electron chi connectivity index (χ0n) is 13.2. The maximum Gasteiger partial charge on any atom is 0.269 e. The molecule has 124 valence electrons. The third kappa shape index (κ3) is 3.60. The summed E-state index contributed by atoms with van der Waals surface area (Å²) in [4.78, 5) is 5.24. The molecule has 0 saturated carbocycles. The van der Waals surface area contributed by atoms with Gasteiger partial charge in [-0.15, -0.1) is 11.3 Å². The molecule has 0 aliphatic rings. The standard InChI is InChI=1S/C17H15ClN2O3S/c1-3-22-13-7-6-11(10-14(13)21-2)9-12(18)17-19-16(20-23-17)15-5-4-8-24-15/h4-10H,3H2,1-2H3/b12-9-. The predicted octanol–water partition coefficient (Wildman–Crippen LogP) is 4.94. The monoisotopic (exact) mass is 362 g/mol. The molecule has 0 N–H and O–H groups in total. The van der Waals surface area contributed by atoms with Crippen LogP contribution >= 0.6 is 22.9 Å². The van der Waals surface area contributed by atoms with E-state index in [1.54, 1.807) is 13.2 Å². The van der Waals surface area contributed by atoms with Crippen molar-refractivity contribution in [3.63, 3.8) is 0 Å². The van der Waals surface area contributed by atoms with E-state index in [2.05, 4.69) is 10.1 Å². The summed E-state index contributed by atoms with van der Waals surface area (Å²) in [5, 5.41) is 6.26. The highest BCUT2D eigenvalue weighted by molar-refractivity contribution is 7.13. The average Bonchev–Trinajstić information content (AvgIpc) is 3.27. The van der Waals surface area contributed by atoms with E-state index in [4.69, 9.17) is 25.6 Å². The van der Waals surface area contributed by atoms with Crippen LogP contribution in [0.5, 0.6) is 11.5 Å². The lowest BCUT2D eigenvalue weighted by atomic mass is 10.2. The summed E-state index contributed by atoms with van der Waals surface area (Å²) in [6.45, 7) is 2.49. The summed E-state index contributed by atoms with van der Waals surface area (Å²) in [7, 11) is 1.60. The van der Waals surface area contributed by atoms with E-state index in [0.29, 0.717) is 29.0 Å². The Morgan fingerprint density at radius 2 is 2.21 bits per heavy atom. The van der Waals surface area contributed by atoms with Crippen molar-refractivity contribution >= 4 is 34.0 Å². The predicted molar refractivity (Wildman–Crippen MR) is 95.5 cm³/mol. The molecule has 0 aliphatic heterocycles. The topological polar surface area (TPSA) is 57.4 Å². The van der Waals surface area contributed by atoms with Crippen molar-refractivity contribution in [2.75, 3.05) is 13.7 Å². The van der Waals surface area contributed by atoms with Gasteiger partial charge in [0, 0.05) is 0 Å². The molecule has 0 spiro atoms. The molecule has 0 unspecified atom stereocenters. The number of nitrogens with zero attached hydrogens (tertiary/aromatic N) is 2. The van der Waals surface area contributed by atoms with Gasteiger partial charge in [-0.05, 0) is 42.1 Å². The van der Waals surface area contributed by atoms with E-state index in [1.807, 2.05) is 42.6 Å². The lowest BCUT2D eigenvalue weighted by Crippen LogP contribution is -1.95. The summed E-state index contributed by atoms with van der Waals surface area (Å²) in [5.41, 5.74) is 0.844. The van der Waals surface area contributed by atoms with Gasteiger partial charge in [0.15, 0.2) is 11.5 Å². The number of halogens is 1. The number of aromatic nitrogens is 2. The average molecular weight is 363 g/mol. The van der Waals surface area contributed by atoms with Crippen LogP contribution in [0.2, 0.25) is 0 Å². The molecular formula is C17H15ClN2O3S. The molecule has 7 heteroatoms. The fourth-order valence-electron chi connectivity index (χ4n) is 2.08. The van der Waals surface area contributed by atoms with Crippen molar-refractivity contribution in [2.45, 2.75) is 6.92 Å². The van der Waals surface area contributed by atoms with Crippen LogP contribution < -0.4 is 9.47 Å². The Morgan fingerprint density at radius 3 is 2.92 bits per heavy atom. The van der Waals surface area contributed by atoms with Crippen molar-refractivity contribution in [2.24, 2.45) is 0 Å². The number of methoxy groups -OCH3 is 1. The van der Waals surface area contributed by atoms with Gasteiger partial charge in [-0.25, -0.2) is 0 Å². The van der Waals surface area contributed by atoms with Crippen molar-refractivity contribution < 1.29 is 14.0 Å². The quantitative estimate of drug-likeness (QED) is 0.621. The van der Waals surface area contributed by atoms with Crippen LogP contribution in [0.3, 0.4) is 0 Å². The smallest absolute Gasteiger partial charge is 0.269 e. The molecule has 3 aromatic rings. The van der Waals surface area contributed by atoms with Gasteiger partial charge in [-0.1, -0.05) is 28.9 Å². The third-order valence-corrected chi connectivity index (χ3v) is 4.29. The lowest BCUT2D eigenvalue weighted by molar-refractivity contribution is 0.311. The molecular weight excluding hydrogens is 348 g/mol. The molecule has 0 radical (unpaired) electrons. The highest BCUT2D eigenvalue weighted by Crippen LogP contribution is 2.31. The van der Waals surface area contributed by atoms with Gasteiger partial charge in [0.2, 0.25) is 5.82 Å². The van der Waals surface area contributed by atoms with Gasteiger partial charge >= 0.3 is 0 Å². The van der Waals surface area contributed by atoms with Crippen LogP contribution in [0.4, 0.5) is 0 Å². The van der Waals surface area contributed by atoms with E-state index in [1.165, 1.54) is 11.3 Å². The van der Waals surface area contributed by atoms with E-state index in [9.17, 15) is 0 Å². The first-order valence-electron chi connectivity index (χ1n) is 7.27. The molecule has 5 nitrogen and oxygen atoms in total. The molecule has 24 heavy (non-hydrogen) atoms. The highest BCUT2D eigenvalue weighted by Gasteiger charge is 2.12. The number of benzene rings is 1. The maximum atomic E-state index is 6.31. The Morgan fingerprint density at radius 1 is 1.33 bits per heavy atom. The van der Waals surface area contributed by atoms with Crippen LogP contribution in [-0.4, -0.2) is 23.9 Å². The van der Waals surface area contributed by atoms with Crippen LogP contribution in [0, 0.1) is 0 Å². The third-order valence-electron chi connectivity index (χ3n) is 3.15. The number of hydrogen-bond acceptors (Lipinski definition) is 6. The van der Waals surface area contributed by atoms with Crippen LogP contribution in [0.15, 0.2) is 40.2 Å². The molecule has 2 heterocycles. The minimum absolute atomic E-state index is 0.271. The van der Waals surface area contributed by atoms with E-state index in [0.717, 1.165) is 10.4 Å². The molecule has 0 atom stereocenters. The molecule has 1 aromatic carbocycles. The number of hydrogen-bond donors (Lipinski definition) is 0. The van der Waals surface area contributed by atoms with E-state index < -0.39 is 0 Å². The zero-order chi connectivity index (χ0) is 16.9. The normalized spacial score (nSPS) is 11.5. The lowest BCUT2D eigenvalue weighted by Gasteiger charge is -2.09. The second-order valence-corrected chi connectivity index (χ2v) is 6.09. The SMILES string of the molecule is CCOc1ccc(/C=C(\Cl)c2nc(-c3cccs3)no2)cc1OC. The second kappa shape index (κ2) is 7.51. The Bertz CT molecular complexity index is 843. The van der Waals surface area contributed by atoms with Gasteiger partial charge in [0.1, 0.15) is 5.03 Å².